The van der Waals surface area contributed by atoms with Crippen molar-refractivity contribution < 1.29 is 18.4 Å². The first kappa shape index (κ1) is 21.5. The summed E-state index contributed by atoms with van der Waals surface area (Å²) in [7, 11) is 1.95. The van der Waals surface area contributed by atoms with Crippen molar-refractivity contribution in [2.75, 3.05) is 18.9 Å². The van der Waals surface area contributed by atoms with Crippen molar-refractivity contribution >= 4 is 17.6 Å². The van der Waals surface area contributed by atoms with E-state index in [1.54, 1.807) is 13.0 Å². The third kappa shape index (κ3) is 3.56. The minimum atomic E-state index is -0.793. The molecule has 0 saturated heterocycles. The second-order valence-corrected chi connectivity index (χ2v) is 9.57. The molecule has 172 valence electrons. The minimum absolute atomic E-state index is 0.180. The smallest absolute Gasteiger partial charge is 0.307 e. The molecule has 1 aliphatic carbocycles. The Balaban J connectivity index is 1.44. The molecular formula is C23H24F2N6O2. The fourth-order valence-corrected chi connectivity index (χ4v) is 5.48. The van der Waals surface area contributed by atoms with Crippen LogP contribution in [0.2, 0.25) is 0 Å². The Morgan fingerprint density at radius 3 is 2.79 bits per heavy atom. The third-order valence-corrected chi connectivity index (χ3v) is 6.87. The molecule has 1 fully saturated rings. The number of fused-ring (bicyclic) bond motifs is 3. The number of halogens is 2. The summed E-state index contributed by atoms with van der Waals surface area (Å²) in [5.74, 6) is -1.12. The van der Waals surface area contributed by atoms with Crippen LogP contribution in [0.15, 0.2) is 18.2 Å². The van der Waals surface area contributed by atoms with Gasteiger partial charge in [-0.3, -0.25) is 19.3 Å². The molecule has 0 bridgehead atoms. The predicted octanol–water partition coefficient (Wildman–Crippen LogP) is 3.08. The SMILES string of the molecule is CC1Cc2nn3c(c2C(=O)N1C(=O)Nc1ccc(F)c(C#N)c1)CN(C)CC1(CC(F)C1)C3. The van der Waals surface area contributed by atoms with Gasteiger partial charge in [0.1, 0.15) is 18.1 Å². The molecule has 1 aromatic carbocycles. The van der Waals surface area contributed by atoms with Gasteiger partial charge in [0.15, 0.2) is 0 Å². The number of imide groups is 1. The zero-order valence-electron chi connectivity index (χ0n) is 18.4. The number of hydrogen-bond donors (Lipinski definition) is 1. The monoisotopic (exact) mass is 454 g/mol. The number of carbonyl (C=O) groups is 2. The second-order valence-electron chi connectivity index (χ2n) is 9.57. The maximum absolute atomic E-state index is 13.7. The number of alkyl halides is 1. The molecule has 1 saturated carbocycles. The lowest BCUT2D eigenvalue weighted by Gasteiger charge is -2.45. The fourth-order valence-electron chi connectivity index (χ4n) is 5.48. The van der Waals surface area contributed by atoms with E-state index < -0.39 is 30.0 Å². The van der Waals surface area contributed by atoms with E-state index in [0.29, 0.717) is 43.6 Å². The number of nitrogens with zero attached hydrogens (tertiary/aromatic N) is 5. The molecule has 10 heteroatoms. The largest absolute Gasteiger partial charge is 0.329 e. The Labute approximate surface area is 189 Å². The number of benzene rings is 1. The summed E-state index contributed by atoms with van der Waals surface area (Å²) in [6.07, 6.45) is 0.591. The Bertz CT molecular complexity index is 1200. The number of amides is 3. The predicted molar refractivity (Wildman–Crippen MR) is 115 cm³/mol. The molecule has 2 aliphatic heterocycles. The second kappa shape index (κ2) is 7.63. The van der Waals surface area contributed by atoms with Crippen LogP contribution in [-0.2, 0) is 19.5 Å². The van der Waals surface area contributed by atoms with Crippen molar-refractivity contribution in [2.24, 2.45) is 5.41 Å². The molecule has 1 aromatic heterocycles. The highest BCUT2D eigenvalue weighted by molar-refractivity contribution is 6.10. The lowest BCUT2D eigenvalue weighted by Crippen LogP contribution is -2.50. The van der Waals surface area contributed by atoms with Gasteiger partial charge < -0.3 is 5.32 Å². The number of rotatable bonds is 1. The molecule has 3 amide bonds. The zero-order valence-corrected chi connectivity index (χ0v) is 18.4. The molecule has 5 rings (SSSR count). The summed E-state index contributed by atoms with van der Waals surface area (Å²) in [6.45, 7) is 3.54. The summed E-state index contributed by atoms with van der Waals surface area (Å²) >= 11 is 0. The van der Waals surface area contributed by atoms with Crippen LogP contribution in [0.25, 0.3) is 0 Å². The topological polar surface area (TPSA) is 94.3 Å². The molecule has 33 heavy (non-hydrogen) atoms. The summed E-state index contributed by atoms with van der Waals surface area (Å²) in [4.78, 5) is 29.8. The molecule has 0 radical (unpaired) electrons. The van der Waals surface area contributed by atoms with Crippen LogP contribution < -0.4 is 5.32 Å². The highest BCUT2D eigenvalue weighted by Gasteiger charge is 2.49. The molecule has 2 aromatic rings. The number of hydrogen-bond acceptors (Lipinski definition) is 5. The van der Waals surface area contributed by atoms with Gasteiger partial charge in [0.05, 0.1) is 22.5 Å². The third-order valence-electron chi connectivity index (χ3n) is 6.87. The van der Waals surface area contributed by atoms with E-state index in [9.17, 15) is 18.4 Å². The van der Waals surface area contributed by atoms with Crippen LogP contribution in [0.4, 0.5) is 19.3 Å². The number of nitrogens with one attached hydrogen (secondary N) is 1. The van der Waals surface area contributed by atoms with Crippen LogP contribution in [0.1, 0.15) is 47.1 Å². The molecule has 1 atom stereocenters. The van der Waals surface area contributed by atoms with Crippen molar-refractivity contribution in [3.8, 4) is 6.07 Å². The van der Waals surface area contributed by atoms with Crippen LogP contribution in [-0.4, -0.2) is 57.3 Å². The van der Waals surface area contributed by atoms with Crippen LogP contribution in [0, 0.1) is 22.6 Å². The average Bonchev–Trinajstić information content (AvgIpc) is 2.97. The molecule has 1 spiro atoms. The summed E-state index contributed by atoms with van der Waals surface area (Å²) in [5.41, 5.74) is 1.68. The van der Waals surface area contributed by atoms with Gasteiger partial charge in [-0.15, -0.1) is 0 Å². The summed E-state index contributed by atoms with van der Waals surface area (Å²) in [6, 6.07) is 4.32. The standard InChI is InChI=1S/C23H24F2N6O2/c1-13-5-18-20(19-10-29(2)11-23(7-15(24)8-23)12-30(19)28-18)21(32)31(13)22(33)27-16-3-4-17(25)14(6-16)9-26/h3-4,6,13,15H,5,7-8,10-12H2,1-2H3,(H,27,33). The first-order valence-electron chi connectivity index (χ1n) is 10.9. The number of urea groups is 1. The normalized spacial score (nSPS) is 26.8. The number of aromatic nitrogens is 2. The molecule has 3 aliphatic rings. The van der Waals surface area contributed by atoms with E-state index in [1.165, 1.54) is 12.1 Å². The van der Waals surface area contributed by atoms with Gasteiger partial charge in [0.2, 0.25) is 0 Å². The van der Waals surface area contributed by atoms with E-state index in [-0.39, 0.29) is 16.7 Å². The first-order chi connectivity index (χ1) is 15.7. The fraction of sp³-hybridized carbons (Fsp3) is 0.478. The van der Waals surface area contributed by atoms with E-state index >= 15 is 0 Å². The number of carbonyl (C=O) groups excluding carboxylic acids is 2. The quantitative estimate of drug-likeness (QED) is 0.715. The summed E-state index contributed by atoms with van der Waals surface area (Å²) in [5, 5.41) is 16.3. The van der Waals surface area contributed by atoms with Crippen molar-refractivity contribution in [1.82, 2.24) is 19.6 Å². The molecule has 8 nitrogen and oxygen atoms in total. The Morgan fingerprint density at radius 1 is 1.33 bits per heavy atom. The minimum Gasteiger partial charge on any atom is -0.307 e. The van der Waals surface area contributed by atoms with Crippen molar-refractivity contribution in [3.63, 3.8) is 0 Å². The van der Waals surface area contributed by atoms with E-state index in [2.05, 4.69) is 10.2 Å². The zero-order chi connectivity index (χ0) is 23.5. The van der Waals surface area contributed by atoms with Gasteiger partial charge in [-0.2, -0.15) is 10.4 Å². The van der Waals surface area contributed by atoms with Crippen LogP contribution >= 0.6 is 0 Å². The molecule has 3 heterocycles. The van der Waals surface area contributed by atoms with Gasteiger partial charge in [-0.05, 0) is 45.0 Å². The van der Waals surface area contributed by atoms with Gasteiger partial charge in [0, 0.05) is 43.2 Å². The van der Waals surface area contributed by atoms with E-state index in [1.807, 2.05) is 11.7 Å². The van der Waals surface area contributed by atoms with E-state index in [4.69, 9.17) is 10.4 Å². The number of nitriles is 1. The van der Waals surface area contributed by atoms with Gasteiger partial charge in [-0.1, -0.05) is 0 Å². The van der Waals surface area contributed by atoms with Crippen molar-refractivity contribution in [3.05, 3.63) is 46.5 Å². The number of anilines is 1. The van der Waals surface area contributed by atoms with Crippen LogP contribution in [0.3, 0.4) is 0 Å². The lowest BCUT2D eigenvalue weighted by molar-refractivity contribution is -0.0103. The van der Waals surface area contributed by atoms with E-state index in [0.717, 1.165) is 23.2 Å². The lowest BCUT2D eigenvalue weighted by atomic mass is 9.67. The Hall–Kier alpha value is -3.32. The highest BCUT2D eigenvalue weighted by Crippen LogP contribution is 2.47. The highest BCUT2D eigenvalue weighted by atomic mass is 19.1. The molecular weight excluding hydrogens is 430 g/mol. The maximum Gasteiger partial charge on any atom is 0.329 e. The Kier molecular flexibility index (Phi) is 4.97. The van der Waals surface area contributed by atoms with Crippen LogP contribution in [0.5, 0.6) is 0 Å². The molecule has 1 unspecified atom stereocenters. The first-order valence-corrected chi connectivity index (χ1v) is 10.9. The summed E-state index contributed by atoms with van der Waals surface area (Å²) < 4.78 is 29.2. The van der Waals surface area contributed by atoms with Gasteiger partial charge >= 0.3 is 6.03 Å². The maximum atomic E-state index is 13.7. The molecule has 1 N–H and O–H groups in total. The van der Waals surface area contributed by atoms with Gasteiger partial charge in [0.25, 0.3) is 5.91 Å². The van der Waals surface area contributed by atoms with Gasteiger partial charge in [-0.25, -0.2) is 13.6 Å². The average molecular weight is 454 g/mol. The Morgan fingerprint density at radius 2 is 2.09 bits per heavy atom. The van der Waals surface area contributed by atoms with Crippen molar-refractivity contribution in [2.45, 2.75) is 51.5 Å². The van der Waals surface area contributed by atoms with Crippen molar-refractivity contribution in [1.29, 1.82) is 5.26 Å².